The first-order valence-corrected chi connectivity index (χ1v) is 5.42. The van der Waals surface area contributed by atoms with Gasteiger partial charge in [0.05, 0.1) is 5.71 Å². The average Bonchev–Trinajstić information content (AvgIpc) is 2.26. The van der Waals surface area contributed by atoms with Crippen LogP contribution in [0, 0.1) is 0 Å². The zero-order chi connectivity index (χ0) is 11.3. The van der Waals surface area contributed by atoms with Crippen LogP contribution in [-0.2, 0) is 4.84 Å². The summed E-state index contributed by atoms with van der Waals surface area (Å²) in [6.07, 6.45) is 0. The van der Waals surface area contributed by atoms with E-state index in [4.69, 9.17) is 4.84 Å². The lowest BCUT2D eigenvalue weighted by molar-refractivity contribution is 0.159. The first-order chi connectivity index (χ1) is 7.15. The molecule has 0 aliphatic rings. The smallest absolute Gasteiger partial charge is 0.114 e. The number of benzene rings is 1. The van der Waals surface area contributed by atoms with Crippen LogP contribution in [0.2, 0.25) is 0 Å². The molecule has 1 rings (SSSR count). The van der Waals surface area contributed by atoms with E-state index < -0.39 is 0 Å². The number of nitrogens with zero attached hydrogens (tertiary/aromatic N) is 1. The summed E-state index contributed by atoms with van der Waals surface area (Å²) >= 11 is 0. The Bertz CT molecular complexity index is 342. The molecule has 15 heavy (non-hydrogen) atoms. The molecular weight excluding hydrogens is 186 g/mol. The van der Waals surface area contributed by atoms with Gasteiger partial charge in [-0.2, -0.15) is 0 Å². The summed E-state index contributed by atoms with van der Waals surface area (Å²) in [5.41, 5.74) is 3.40. The topological polar surface area (TPSA) is 21.6 Å². The number of hydrogen-bond acceptors (Lipinski definition) is 2. The van der Waals surface area contributed by atoms with Gasteiger partial charge in [-0.1, -0.05) is 37.2 Å². The van der Waals surface area contributed by atoms with Crippen LogP contribution in [0.15, 0.2) is 29.4 Å². The molecule has 0 saturated heterocycles. The van der Waals surface area contributed by atoms with Crippen LogP contribution in [-0.4, -0.2) is 12.3 Å². The van der Waals surface area contributed by atoms with Crippen LogP contribution in [0.5, 0.6) is 0 Å². The van der Waals surface area contributed by atoms with Crippen molar-refractivity contribution in [1.82, 2.24) is 0 Å². The molecule has 0 aromatic heterocycles. The Labute approximate surface area is 91.9 Å². The van der Waals surface area contributed by atoms with Crippen molar-refractivity contribution in [2.45, 2.75) is 33.6 Å². The molecule has 2 nitrogen and oxygen atoms in total. The molecule has 0 fully saturated rings. The first-order valence-electron chi connectivity index (χ1n) is 5.42. The summed E-state index contributed by atoms with van der Waals surface area (Å²) < 4.78 is 0. The molecule has 1 aromatic carbocycles. The summed E-state index contributed by atoms with van der Waals surface area (Å²) in [4.78, 5) is 5.04. The normalized spacial score (nSPS) is 11.9. The third kappa shape index (κ3) is 3.39. The maximum Gasteiger partial charge on any atom is 0.114 e. The first kappa shape index (κ1) is 11.8. The van der Waals surface area contributed by atoms with Crippen molar-refractivity contribution in [3.05, 3.63) is 35.4 Å². The van der Waals surface area contributed by atoms with Gasteiger partial charge in [0.1, 0.15) is 6.61 Å². The van der Waals surface area contributed by atoms with E-state index in [2.05, 4.69) is 43.3 Å². The van der Waals surface area contributed by atoms with E-state index in [1.165, 1.54) is 5.56 Å². The largest absolute Gasteiger partial charge is 0.396 e. The molecular formula is C13H19NO. The summed E-state index contributed by atoms with van der Waals surface area (Å²) in [5, 5.41) is 4.03. The predicted octanol–water partition coefficient (Wildman–Crippen LogP) is 3.57. The number of rotatable bonds is 4. The lowest BCUT2D eigenvalue weighted by Crippen LogP contribution is -1.98. The molecule has 0 radical (unpaired) electrons. The van der Waals surface area contributed by atoms with Crippen LogP contribution in [0.4, 0.5) is 0 Å². The highest BCUT2D eigenvalue weighted by molar-refractivity contribution is 5.98. The zero-order valence-electron chi connectivity index (χ0n) is 9.95. The zero-order valence-corrected chi connectivity index (χ0v) is 9.95. The van der Waals surface area contributed by atoms with Gasteiger partial charge in [-0.25, -0.2) is 0 Å². The highest BCUT2D eigenvalue weighted by Gasteiger charge is 2.02. The quantitative estimate of drug-likeness (QED) is 0.544. The van der Waals surface area contributed by atoms with E-state index in [9.17, 15) is 0 Å². The maximum absolute atomic E-state index is 5.04. The highest BCUT2D eigenvalue weighted by atomic mass is 16.6. The fourth-order valence-corrected chi connectivity index (χ4v) is 1.34. The Kier molecular flexibility index (Phi) is 4.35. The Hall–Kier alpha value is -1.31. The summed E-state index contributed by atoms with van der Waals surface area (Å²) in [6.45, 7) is 8.89. The molecule has 0 heterocycles. The van der Waals surface area contributed by atoms with Crippen molar-refractivity contribution in [1.29, 1.82) is 0 Å². The predicted molar refractivity (Wildman–Crippen MR) is 64.4 cm³/mol. The van der Waals surface area contributed by atoms with Crippen LogP contribution < -0.4 is 0 Å². The fourth-order valence-electron chi connectivity index (χ4n) is 1.34. The third-order valence-corrected chi connectivity index (χ3v) is 2.30. The minimum absolute atomic E-state index is 0.546. The van der Waals surface area contributed by atoms with Crippen LogP contribution >= 0.6 is 0 Å². The van der Waals surface area contributed by atoms with Crippen molar-refractivity contribution in [2.75, 3.05) is 6.61 Å². The molecule has 0 aliphatic heterocycles. The van der Waals surface area contributed by atoms with E-state index in [1.54, 1.807) is 0 Å². The molecule has 0 unspecified atom stereocenters. The van der Waals surface area contributed by atoms with Gasteiger partial charge in [0.2, 0.25) is 0 Å². The standard InChI is InChI=1S/C13H19NO/c1-5-15-14-11(4)13-8-6-7-12(9-13)10(2)3/h6-10H,5H2,1-4H3/b14-11+. The molecule has 0 aliphatic carbocycles. The second-order valence-electron chi connectivity index (χ2n) is 3.87. The van der Waals surface area contributed by atoms with Gasteiger partial charge in [0.25, 0.3) is 0 Å². The second kappa shape index (κ2) is 5.54. The number of hydrogen-bond donors (Lipinski definition) is 0. The van der Waals surface area contributed by atoms with E-state index in [0.29, 0.717) is 12.5 Å². The van der Waals surface area contributed by atoms with Crippen molar-refractivity contribution in [2.24, 2.45) is 5.16 Å². The molecule has 0 atom stereocenters. The summed E-state index contributed by atoms with van der Waals surface area (Å²) in [6, 6.07) is 8.43. The van der Waals surface area contributed by atoms with E-state index in [1.807, 2.05) is 13.8 Å². The third-order valence-electron chi connectivity index (χ3n) is 2.30. The molecule has 0 N–H and O–H groups in total. The van der Waals surface area contributed by atoms with Gasteiger partial charge in [-0.15, -0.1) is 0 Å². The average molecular weight is 205 g/mol. The minimum Gasteiger partial charge on any atom is -0.396 e. The molecule has 1 aromatic rings. The highest BCUT2D eigenvalue weighted by Crippen LogP contribution is 2.16. The molecule has 0 bridgehead atoms. The van der Waals surface area contributed by atoms with Crippen LogP contribution in [0.3, 0.4) is 0 Å². The second-order valence-corrected chi connectivity index (χ2v) is 3.87. The Balaban J connectivity index is 2.90. The molecule has 0 spiro atoms. The van der Waals surface area contributed by atoms with Gasteiger partial charge in [0, 0.05) is 0 Å². The fraction of sp³-hybridized carbons (Fsp3) is 0.462. The van der Waals surface area contributed by atoms with Crippen molar-refractivity contribution < 1.29 is 4.84 Å². The molecule has 0 saturated carbocycles. The Morgan fingerprint density at radius 1 is 1.40 bits per heavy atom. The van der Waals surface area contributed by atoms with Gasteiger partial charge in [-0.05, 0) is 37.0 Å². The SMILES string of the molecule is CCO/N=C(\C)c1cccc(C(C)C)c1. The summed E-state index contributed by atoms with van der Waals surface area (Å²) in [7, 11) is 0. The maximum atomic E-state index is 5.04. The Morgan fingerprint density at radius 2 is 2.13 bits per heavy atom. The van der Waals surface area contributed by atoms with E-state index in [-0.39, 0.29) is 0 Å². The van der Waals surface area contributed by atoms with Crippen molar-refractivity contribution in [3.8, 4) is 0 Å². The van der Waals surface area contributed by atoms with Gasteiger partial charge in [0.15, 0.2) is 0 Å². The van der Waals surface area contributed by atoms with Gasteiger partial charge in [-0.3, -0.25) is 0 Å². The lowest BCUT2D eigenvalue weighted by atomic mass is 9.99. The molecule has 2 heteroatoms. The molecule has 82 valence electrons. The van der Waals surface area contributed by atoms with E-state index >= 15 is 0 Å². The number of oxime groups is 1. The monoisotopic (exact) mass is 205 g/mol. The van der Waals surface area contributed by atoms with Crippen LogP contribution in [0.25, 0.3) is 0 Å². The van der Waals surface area contributed by atoms with Gasteiger partial charge >= 0.3 is 0 Å². The van der Waals surface area contributed by atoms with Crippen LogP contribution in [0.1, 0.15) is 44.7 Å². The van der Waals surface area contributed by atoms with Crippen molar-refractivity contribution in [3.63, 3.8) is 0 Å². The van der Waals surface area contributed by atoms with E-state index in [0.717, 1.165) is 11.3 Å². The van der Waals surface area contributed by atoms with Crippen molar-refractivity contribution >= 4 is 5.71 Å². The lowest BCUT2D eigenvalue weighted by Gasteiger charge is -2.07. The Morgan fingerprint density at radius 3 is 2.73 bits per heavy atom. The molecule has 0 amide bonds. The summed E-state index contributed by atoms with van der Waals surface area (Å²) in [5.74, 6) is 0.546. The minimum atomic E-state index is 0.546. The van der Waals surface area contributed by atoms with Gasteiger partial charge < -0.3 is 4.84 Å².